The Bertz CT molecular complexity index is 1200. The highest BCUT2D eigenvalue weighted by atomic mass is 32.2. The van der Waals surface area contributed by atoms with E-state index in [-0.39, 0.29) is 30.0 Å². The molecule has 0 aliphatic heterocycles. The number of benzene rings is 2. The second kappa shape index (κ2) is 13.2. The van der Waals surface area contributed by atoms with E-state index in [1.807, 2.05) is 13.8 Å². The first kappa shape index (κ1) is 29.8. The average molecular weight is 532 g/mol. The maximum absolute atomic E-state index is 13.7. The second-order valence-electron chi connectivity index (χ2n) is 8.99. The molecule has 0 aromatic heterocycles. The molecular weight excluding hydrogens is 494 g/mol. The van der Waals surface area contributed by atoms with Crippen LogP contribution in [0.1, 0.15) is 56.5 Å². The Hall–Kier alpha value is -3.40. The molecule has 2 aromatic rings. The Morgan fingerprint density at radius 3 is 2.19 bits per heavy atom. The summed E-state index contributed by atoms with van der Waals surface area (Å²) in [5.41, 5.74) is 1.28. The molecule has 0 unspecified atom stereocenters. The molecule has 0 heterocycles. The molecule has 9 nitrogen and oxygen atoms in total. The molecule has 0 aliphatic carbocycles. The van der Waals surface area contributed by atoms with E-state index in [9.17, 15) is 22.8 Å². The lowest BCUT2D eigenvalue weighted by Gasteiger charge is -2.33. The zero-order valence-electron chi connectivity index (χ0n) is 22.4. The highest BCUT2D eigenvalue weighted by Gasteiger charge is 2.32. The van der Waals surface area contributed by atoms with Gasteiger partial charge in [-0.2, -0.15) is 0 Å². The van der Waals surface area contributed by atoms with Gasteiger partial charge in [0.15, 0.2) is 5.78 Å². The van der Waals surface area contributed by atoms with Gasteiger partial charge in [0, 0.05) is 18.2 Å². The number of methoxy groups -OCH3 is 1. The number of rotatable bonds is 13. The monoisotopic (exact) mass is 531 g/mol. The van der Waals surface area contributed by atoms with E-state index in [0.29, 0.717) is 17.7 Å². The minimum atomic E-state index is -3.89. The quantitative estimate of drug-likeness (QED) is 0.397. The van der Waals surface area contributed by atoms with Crippen molar-refractivity contribution in [3.05, 3.63) is 59.7 Å². The topological polar surface area (TPSA) is 113 Å². The molecule has 2 atom stereocenters. The van der Waals surface area contributed by atoms with Crippen LogP contribution in [-0.2, 0) is 26.2 Å². The predicted molar refractivity (Wildman–Crippen MR) is 144 cm³/mol. The number of carbonyl (C=O) groups is 3. The normalized spacial score (nSPS) is 12.8. The molecule has 2 rings (SSSR count). The lowest BCUT2D eigenvalue weighted by molar-refractivity contribution is -0.140. The third-order valence-corrected chi connectivity index (χ3v) is 7.26. The predicted octanol–water partition coefficient (Wildman–Crippen LogP) is 3.39. The van der Waals surface area contributed by atoms with Gasteiger partial charge in [0.25, 0.3) is 0 Å². The van der Waals surface area contributed by atoms with E-state index in [1.165, 1.54) is 24.0 Å². The Kier molecular flexibility index (Phi) is 10.7. The van der Waals surface area contributed by atoms with Crippen LogP contribution in [0.25, 0.3) is 0 Å². The summed E-state index contributed by atoms with van der Waals surface area (Å²) in [4.78, 5) is 40.2. The summed E-state index contributed by atoms with van der Waals surface area (Å²) < 4.78 is 31.6. The van der Waals surface area contributed by atoms with Crippen molar-refractivity contribution in [2.24, 2.45) is 0 Å². The summed E-state index contributed by atoms with van der Waals surface area (Å²) >= 11 is 0. The number of anilines is 1. The molecule has 0 radical (unpaired) electrons. The van der Waals surface area contributed by atoms with E-state index >= 15 is 0 Å². The average Bonchev–Trinajstić information content (AvgIpc) is 2.86. The van der Waals surface area contributed by atoms with Crippen LogP contribution in [0.15, 0.2) is 48.5 Å². The van der Waals surface area contributed by atoms with Crippen molar-refractivity contribution in [3.63, 3.8) is 0 Å². The smallest absolute Gasteiger partial charge is 0.244 e. The SMILES string of the molecule is CC[C@@H](C)NC(=O)[C@@H](CC)N(Cc1ccc(OC)cc1)C(=O)CN(c1cccc(C(C)=O)c1)S(C)(=O)=O. The standard InChI is InChI=1S/C27H37N3O6S/c1-7-19(3)28-27(33)25(8-2)29(17-21-12-14-24(36-5)15-13-21)26(32)18-30(37(6,34)35)23-11-9-10-22(16-23)20(4)31/h9-16,19,25H,7-8,17-18H2,1-6H3,(H,28,33)/t19-,25-/m1/s1. The molecule has 0 aliphatic rings. The molecule has 2 aromatic carbocycles. The molecule has 0 spiro atoms. The lowest BCUT2D eigenvalue weighted by Crippen LogP contribution is -2.53. The molecule has 2 amide bonds. The van der Waals surface area contributed by atoms with Gasteiger partial charge in [0.05, 0.1) is 19.1 Å². The van der Waals surface area contributed by atoms with E-state index in [2.05, 4.69) is 5.32 Å². The van der Waals surface area contributed by atoms with Crippen LogP contribution in [0, 0.1) is 0 Å². The van der Waals surface area contributed by atoms with Gasteiger partial charge in [0.2, 0.25) is 21.8 Å². The molecule has 202 valence electrons. The minimum absolute atomic E-state index is 0.0821. The van der Waals surface area contributed by atoms with E-state index < -0.39 is 28.5 Å². The number of Topliss-reactive ketones (excluding diaryl/α,β-unsaturated/α-hetero) is 1. The van der Waals surface area contributed by atoms with Crippen LogP contribution in [0.5, 0.6) is 5.75 Å². The first-order valence-corrected chi connectivity index (χ1v) is 14.1. The van der Waals surface area contributed by atoms with Crippen LogP contribution in [0.4, 0.5) is 5.69 Å². The van der Waals surface area contributed by atoms with Gasteiger partial charge in [0.1, 0.15) is 18.3 Å². The van der Waals surface area contributed by atoms with Crippen molar-refractivity contribution in [2.45, 2.75) is 59.2 Å². The fourth-order valence-corrected chi connectivity index (χ4v) is 4.62. The van der Waals surface area contributed by atoms with Crippen molar-refractivity contribution in [2.75, 3.05) is 24.2 Å². The summed E-state index contributed by atoms with van der Waals surface area (Å²) in [6.07, 6.45) is 2.06. The van der Waals surface area contributed by atoms with Crippen molar-refractivity contribution in [1.82, 2.24) is 10.2 Å². The van der Waals surface area contributed by atoms with Gasteiger partial charge in [-0.3, -0.25) is 18.7 Å². The first-order valence-electron chi connectivity index (χ1n) is 12.2. The van der Waals surface area contributed by atoms with Gasteiger partial charge in [-0.1, -0.05) is 38.1 Å². The van der Waals surface area contributed by atoms with Gasteiger partial charge in [-0.25, -0.2) is 8.42 Å². The zero-order chi connectivity index (χ0) is 27.8. The molecule has 1 N–H and O–H groups in total. The Labute approximate surface area is 219 Å². The number of ether oxygens (including phenoxy) is 1. The maximum Gasteiger partial charge on any atom is 0.244 e. The maximum atomic E-state index is 13.7. The van der Waals surface area contributed by atoms with Gasteiger partial charge in [-0.15, -0.1) is 0 Å². The molecule has 0 saturated heterocycles. The van der Waals surface area contributed by atoms with Crippen LogP contribution in [0.2, 0.25) is 0 Å². The minimum Gasteiger partial charge on any atom is -0.497 e. The number of ketones is 1. The summed E-state index contributed by atoms with van der Waals surface area (Å²) in [5, 5.41) is 2.93. The summed E-state index contributed by atoms with van der Waals surface area (Å²) in [6, 6.07) is 12.3. The van der Waals surface area contributed by atoms with E-state index in [1.54, 1.807) is 50.4 Å². The number of nitrogens with zero attached hydrogens (tertiary/aromatic N) is 2. The van der Waals surface area contributed by atoms with Gasteiger partial charge >= 0.3 is 0 Å². The van der Waals surface area contributed by atoms with Crippen LogP contribution in [0.3, 0.4) is 0 Å². The molecule has 10 heteroatoms. The second-order valence-corrected chi connectivity index (χ2v) is 10.9. The molecular formula is C27H37N3O6S. The van der Waals surface area contributed by atoms with Gasteiger partial charge < -0.3 is 15.0 Å². The van der Waals surface area contributed by atoms with E-state index in [4.69, 9.17) is 4.74 Å². The summed E-state index contributed by atoms with van der Waals surface area (Å²) in [7, 11) is -2.34. The number of hydrogen-bond acceptors (Lipinski definition) is 6. The third-order valence-electron chi connectivity index (χ3n) is 6.12. The third kappa shape index (κ3) is 8.31. The van der Waals surface area contributed by atoms with Crippen molar-refractivity contribution < 1.29 is 27.5 Å². The van der Waals surface area contributed by atoms with E-state index in [0.717, 1.165) is 22.5 Å². The first-order chi connectivity index (χ1) is 17.4. The Morgan fingerprint density at radius 1 is 1.03 bits per heavy atom. The van der Waals surface area contributed by atoms with Crippen LogP contribution in [-0.4, -0.2) is 62.9 Å². The van der Waals surface area contributed by atoms with Crippen molar-refractivity contribution >= 4 is 33.3 Å². The van der Waals surface area contributed by atoms with Crippen LogP contribution >= 0.6 is 0 Å². The molecule has 0 saturated carbocycles. The highest BCUT2D eigenvalue weighted by Crippen LogP contribution is 2.22. The lowest BCUT2D eigenvalue weighted by atomic mass is 10.1. The number of amides is 2. The van der Waals surface area contributed by atoms with Crippen molar-refractivity contribution in [1.29, 1.82) is 0 Å². The summed E-state index contributed by atoms with van der Waals surface area (Å²) in [6.45, 7) is 6.59. The fourth-order valence-electron chi connectivity index (χ4n) is 3.78. The largest absolute Gasteiger partial charge is 0.497 e. The molecule has 37 heavy (non-hydrogen) atoms. The number of carbonyl (C=O) groups excluding carboxylic acids is 3. The zero-order valence-corrected chi connectivity index (χ0v) is 23.2. The fraction of sp³-hybridized carbons (Fsp3) is 0.444. The number of sulfonamides is 1. The van der Waals surface area contributed by atoms with Gasteiger partial charge in [-0.05, 0) is 56.5 Å². The Morgan fingerprint density at radius 2 is 1.68 bits per heavy atom. The van der Waals surface area contributed by atoms with Crippen molar-refractivity contribution in [3.8, 4) is 5.75 Å². The Balaban J connectivity index is 2.47. The van der Waals surface area contributed by atoms with Crippen LogP contribution < -0.4 is 14.4 Å². The summed E-state index contributed by atoms with van der Waals surface area (Å²) in [5.74, 6) is -0.420. The number of hydrogen-bond donors (Lipinski definition) is 1. The highest BCUT2D eigenvalue weighted by molar-refractivity contribution is 7.92. The molecule has 0 fully saturated rings. The number of nitrogens with one attached hydrogen (secondary N) is 1. The molecule has 0 bridgehead atoms.